The molecule has 2 heterocycles. The highest BCUT2D eigenvalue weighted by molar-refractivity contribution is 7.13. The lowest BCUT2D eigenvalue weighted by Crippen LogP contribution is -2.47. The van der Waals surface area contributed by atoms with Gasteiger partial charge in [0.15, 0.2) is 0 Å². The van der Waals surface area contributed by atoms with Crippen molar-refractivity contribution in [1.82, 2.24) is 4.90 Å². The molecule has 0 aromatic carbocycles. The van der Waals surface area contributed by atoms with E-state index in [-0.39, 0.29) is 12.0 Å². The van der Waals surface area contributed by atoms with E-state index in [9.17, 15) is 0 Å². The molecule has 2 unspecified atom stereocenters. The van der Waals surface area contributed by atoms with E-state index in [1.807, 2.05) is 23.3 Å². The molecular weight excluding hydrogens is 242 g/mol. The summed E-state index contributed by atoms with van der Waals surface area (Å²) < 4.78 is 0. The fourth-order valence-corrected chi connectivity index (χ4v) is 3.51. The molecule has 0 saturated carbocycles. The first kappa shape index (κ1) is 13.3. The lowest BCUT2D eigenvalue weighted by Gasteiger charge is -2.37. The Morgan fingerprint density at radius 2 is 2.11 bits per heavy atom. The van der Waals surface area contributed by atoms with Crippen molar-refractivity contribution in [2.75, 3.05) is 13.6 Å². The normalized spacial score (nSPS) is 24.4. The molecule has 1 aliphatic rings. The van der Waals surface area contributed by atoms with Crippen molar-refractivity contribution in [3.63, 3.8) is 0 Å². The molecule has 2 rings (SSSR count). The van der Waals surface area contributed by atoms with Crippen molar-refractivity contribution in [2.45, 2.75) is 26.8 Å². The van der Waals surface area contributed by atoms with Gasteiger partial charge in [0.05, 0.1) is 6.04 Å². The molecular formula is C14H21N3S. The number of hydrogen-bond donors (Lipinski definition) is 2. The minimum atomic E-state index is 0.131. The highest BCUT2D eigenvalue weighted by Crippen LogP contribution is 2.34. The Hall–Kier alpha value is -1.13. The molecule has 1 aromatic rings. The van der Waals surface area contributed by atoms with E-state index in [0.717, 1.165) is 0 Å². The predicted molar refractivity (Wildman–Crippen MR) is 79.3 cm³/mol. The van der Waals surface area contributed by atoms with E-state index in [2.05, 4.69) is 32.9 Å². The molecule has 1 aliphatic heterocycles. The Labute approximate surface area is 113 Å². The number of rotatable bonds is 2. The van der Waals surface area contributed by atoms with E-state index < -0.39 is 0 Å². The van der Waals surface area contributed by atoms with Gasteiger partial charge in [0.25, 0.3) is 0 Å². The predicted octanol–water partition coefficient (Wildman–Crippen LogP) is 2.63. The molecule has 0 bridgehead atoms. The first-order valence-electron chi connectivity index (χ1n) is 6.26. The van der Waals surface area contributed by atoms with Crippen LogP contribution in [0.5, 0.6) is 0 Å². The van der Waals surface area contributed by atoms with Crippen LogP contribution < -0.4 is 5.73 Å². The van der Waals surface area contributed by atoms with Gasteiger partial charge in [-0.05, 0) is 31.1 Å². The Kier molecular flexibility index (Phi) is 3.59. The van der Waals surface area contributed by atoms with Crippen LogP contribution in [0.2, 0.25) is 0 Å². The number of aryl methyl sites for hydroxylation is 2. The minimum absolute atomic E-state index is 0.131. The maximum Gasteiger partial charge on any atom is 0.103 e. The SMILES string of the molecule is Cc1cc(C2=CC(C)C(=N)N(C)C2CN)sc1C. The summed E-state index contributed by atoms with van der Waals surface area (Å²) in [6.45, 7) is 6.91. The zero-order valence-corrected chi connectivity index (χ0v) is 12.3. The average Bonchev–Trinajstić information content (AvgIpc) is 2.66. The zero-order chi connectivity index (χ0) is 13.4. The summed E-state index contributed by atoms with van der Waals surface area (Å²) in [5.41, 5.74) is 8.52. The lowest BCUT2D eigenvalue weighted by atomic mass is 9.92. The van der Waals surface area contributed by atoms with E-state index in [0.29, 0.717) is 12.4 Å². The number of hydrogen-bond acceptors (Lipinski definition) is 3. The maximum atomic E-state index is 8.06. The Balaban J connectivity index is 2.46. The summed E-state index contributed by atoms with van der Waals surface area (Å²) in [6.07, 6.45) is 2.20. The second kappa shape index (κ2) is 4.86. The second-order valence-electron chi connectivity index (χ2n) is 5.01. The third-order valence-corrected chi connectivity index (χ3v) is 4.94. The number of nitrogens with one attached hydrogen (secondary N) is 1. The van der Waals surface area contributed by atoms with E-state index in [4.69, 9.17) is 11.1 Å². The van der Waals surface area contributed by atoms with Gasteiger partial charge in [-0.2, -0.15) is 0 Å². The number of amidine groups is 1. The van der Waals surface area contributed by atoms with Crippen molar-refractivity contribution in [2.24, 2.45) is 11.7 Å². The molecule has 0 saturated heterocycles. The number of thiophene rings is 1. The van der Waals surface area contributed by atoms with Crippen LogP contribution in [0.1, 0.15) is 22.2 Å². The van der Waals surface area contributed by atoms with Gasteiger partial charge in [0.2, 0.25) is 0 Å². The Morgan fingerprint density at radius 1 is 1.44 bits per heavy atom. The van der Waals surface area contributed by atoms with Crippen LogP contribution in [0.4, 0.5) is 0 Å². The van der Waals surface area contributed by atoms with Crippen LogP contribution in [0.3, 0.4) is 0 Å². The highest BCUT2D eigenvalue weighted by atomic mass is 32.1. The molecule has 0 amide bonds. The summed E-state index contributed by atoms with van der Waals surface area (Å²) in [6, 6.07) is 2.37. The van der Waals surface area contributed by atoms with Crippen LogP contribution >= 0.6 is 11.3 Å². The molecule has 18 heavy (non-hydrogen) atoms. The van der Waals surface area contributed by atoms with Crippen molar-refractivity contribution in [3.05, 3.63) is 27.5 Å². The van der Waals surface area contributed by atoms with Crippen LogP contribution in [0.15, 0.2) is 12.1 Å². The molecule has 98 valence electrons. The van der Waals surface area contributed by atoms with Gasteiger partial charge >= 0.3 is 0 Å². The van der Waals surface area contributed by atoms with Crippen LogP contribution in [0, 0.1) is 25.2 Å². The Morgan fingerprint density at radius 3 is 2.61 bits per heavy atom. The monoisotopic (exact) mass is 263 g/mol. The van der Waals surface area contributed by atoms with E-state index in [1.165, 1.54) is 20.9 Å². The van der Waals surface area contributed by atoms with Crippen LogP contribution in [0.25, 0.3) is 5.57 Å². The van der Waals surface area contributed by atoms with Crippen molar-refractivity contribution in [3.8, 4) is 0 Å². The van der Waals surface area contributed by atoms with Crippen molar-refractivity contribution in [1.29, 1.82) is 5.41 Å². The molecule has 0 aliphatic carbocycles. The molecule has 3 nitrogen and oxygen atoms in total. The quantitative estimate of drug-likeness (QED) is 0.862. The average molecular weight is 263 g/mol. The highest BCUT2D eigenvalue weighted by Gasteiger charge is 2.29. The number of likely N-dealkylation sites (N-methyl/N-ethyl adjacent to an activating group) is 1. The lowest BCUT2D eigenvalue weighted by molar-refractivity contribution is 0.412. The fraction of sp³-hybridized carbons (Fsp3) is 0.500. The largest absolute Gasteiger partial charge is 0.355 e. The van der Waals surface area contributed by atoms with Gasteiger partial charge in [-0.3, -0.25) is 5.41 Å². The zero-order valence-electron chi connectivity index (χ0n) is 11.4. The maximum absolute atomic E-state index is 8.06. The first-order chi connectivity index (χ1) is 8.45. The number of nitrogens with two attached hydrogens (primary N) is 1. The smallest absolute Gasteiger partial charge is 0.103 e. The van der Waals surface area contributed by atoms with Gasteiger partial charge in [0, 0.05) is 29.3 Å². The van der Waals surface area contributed by atoms with Gasteiger partial charge in [-0.1, -0.05) is 13.0 Å². The second-order valence-corrected chi connectivity index (χ2v) is 6.26. The molecule has 1 aromatic heterocycles. The topological polar surface area (TPSA) is 53.1 Å². The summed E-state index contributed by atoms with van der Waals surface area (Å²) in [5.74, 6) is 0.815. The van der Waals surface area contributed by atoms with Gasteiger partial charge in [-0.15, -0.1) is 11.3 Å². The molecule has 0 spiro atoms. The molecule has 4 heteroatoms. The van der Waals surface area contributed by atoms with Crippen LogP contribution in [-0.2, 0) is 0 Å². The van der Waals surface area contributed by atoms with Gasteiger partial charge in [0.1, 0.15) is 5.84 Å². The van der Waals surface area contributed by atoms with E-state index in [1.54, 1.807) is 0 Å². The summed E-state index contributed by atoms with van der Waals surface area (Å²) >= 11 is 1.82. The minimum Gasteiger partial charge on any atom is -0.355 e. The molecule has 3 N–H and O–H groups in total. The Bertz CT molecular complexity index is 482. The third-order valence-electron chi connectivity index (χ3n) is 3.74. The van der Waals surface area contributed by atoms with Gasteiger partial charge in [-0.25, -0.2) is 0 Å². The summed E-state index contributed by atoms with van der Waals surface area (Å²) in [5, 5.41) is 8.06. The summed E-state index contributed by atoms with van der Waals surface area (Å²) in [4.78, 5) is 4.66. The standard InChI is InChI=1S/C14H21N3S/c1-8-6-13(18-10(8)3)11-5-9(2)14(16)17(4)12(11)7-15/h5-6,9,12,16H,7,15H2,1-4H3. The summed E-state index contributed by atoms with van der Waals surface area (Å²) in [7, 11) is 1.97. The number of nitrogens with zero attached hydrogens (tertiary/aromatic N) is 1. The molecule has 0 radical (unpaired) electrons. The molecule has 0 fully saturated rings. The van der Waals surface area contributed by atoms with Gasteiger partial charge < -0.3 is 10.6 Å². The van der Waals surface area contributed by atoms with Crippen molar-refractivity contribution < 1.29 is 0 Å². The first-order valence-corrected chi connectivity index (χ1v) is 7.07. The van der Waals surface area contributed by atoms with Crippen molar-refractivity contribution >= 4 is 22.7 Å². The van der Waals surface area contributed by atoms with E-state index >= 15 is 0 Å². The van der Waals surface area contributed by atoms with Crippen LogP contribution in [-0.4, -0.2) is 30.4 Å². The molecule has 2 atom stereocenters. The fourth-order valence-electron chi connectivity index (χ4n) is 2.40. The third kappa shape index (κ3) is 2.10.